The Morgan fingerprint density at radius 1 is 1.53 bits per heavy atom. The van der Waals surface area contributed by atoms with Crippen molar-refractivity contribution >= 4 is 5.97 Å². The second-order valence-electron chi connectivity index (χ2n) is 4.33. The van der Waals surface area contributed by atoms with Crippen LogP contribution in [0.25, 0.3) is 0 Å². The molecule has 3 atom stereocenters. The molecule has 3 unspecified atom stereocenters. The highest BCUT2D eigenvalue weighted by atomic mass is 19.4. The van der Waals surface area contributed by atoms with Crippen LogP contribution in [0.15, 0.2) is 0 Å². The first kappa shape index (κ1) is 14.2. The molecule has 0 radical (unpaired) electrons. The molecule has 1 fully saturated rings. The van der Waals surface area contributed by atoms with Gasteiger partial charge in [0.05, 0.1) is 12.5 Å². The number of hydrogen-bond donors (Lipinski definition) is 1. The number of ether oxygens (including phenoxy) is 1. The number of rotatable bonds is 4. The maximum Gasteiger partial charge on any atom is 0.393 e. The molecule has 0 aromatic carbocycles. The van der Waals surface area contributed by atoms with Gasteiger partial charge in [-0.15, -0.1) is 0 Å². The average molecular weight is 255 g/mol. The fourth-order valence-corrected chi connectivity index (χ4v) is 2.13. The van der Waals surface area contributed by atoms with Crippen LogP contribution >= 0.6 is 0 Å². The lowest BCUT2D eigenvalue weighted by atomic mass is 9.96. The second kappa shape index (κ2) is 5.22. The normalized spacial score (nSPS) is 28.3. The van der Waals surface area contributed by atoms with E-state index in [9.17, 15) is 18.0 Å². The van der Waals surface area contributed by atoms with E-state index in [4.69, 9.17) is 9.84 Å². The van der Waals surface area contributed by atoms with Crippen molar-refractivity contribution in [3.8, 4) is 0 Å². The summed E-state index contributed by atoms with van der Waals surface area (Å²) in [4.78, 5) is 12.1. The van der Waals surface area contributed by atoms with Crippen LogP contribution < -0.4 is 0 Å². The van der Waals surface area contributed by atoms with Crippen LogP contribution in [0.5, 0.6) is 0 Å². The molecule has 7 heteroatoms. The summed E-state index contributed by atoms with van der Waals surface area (Å²) in [5, 5.41) is 8.79. The highest BCUT2D eigenvalue weighted by molar-refractivity contribution is 5.72. The predicted molar refractivity (Wildman–Crippen MR) is 53.6 cm³/mol. The summed E-state index contributed by atoms with van der Waals surface area (Å²) in [5.74, 6) is -3.31. The van der Waals surface area contributed by atoms with Crippen LogP contribution in [0.2, 0.25) is 0 Å². The van der Waals surface area contributed by atoms with Crippen LogP contribution in [0.1, 0.15) is 6.92 Å². The topological polar surface area (TPSA) is 49.8 Å². The minimum atomic E-state index is -4.31. The molecule has 0 bridgehead atoms. The number of nitrogens with zero attached hydrogens (tertiary/aromatic N) is 1. The van der Waals surface area contributed by atoms with Crippen molar-refractivity contribution in [2.75, 3.05) is 26.8 Å². The van der Waals surface area contributed by atoms with Crippen molar-refractivity contribution in [1.29, 1.82) is 0 Å². The first-order chi connectivity index (χ1) is 7.77. The maximum atomic E-state index is 12.7. The van der Waals surface area contributed by atoms with Gasteiger partial charge in [0, 0.05) is 26.1 Å². The standard InChI is InChI=1S/C10H16F3NO3/c1-6(9(15)16)14-3-7(5-17-2)8(4-14)10(11,12)13/h6-8H,3-5H2,1-2H3,(H,15,16). The highest BCUT2D eigenvalue weighted by Gasteiger charge is 2.50. The minimum absolute atomic E-state index is 0.00693. The van der Waals surface area contributed by atoms with Crippen LogP contribution in [0.4, 0.5) is 13.2 Å². The molecule has 1 aliphatic rings. The van der Waals surface area contributed by atoms with Gasteiger partial charge in [-0.1, -0.05) is 0 Å². The molecule has 1 N–H and O–H groups in total. The highest BCUT2D eigenvalue weighted by Crippen LogP contribution is 2.38. The first-order valence-electron chi connectivity index (χ1n) is 5.30. The minimum Gasteiger partial charge on any atom is -0.480 e. The van der Waals surface area contributed by atoms with Crippen LogP contribution in [0.3, 0.4) is 0 Å². The van der Waals surface area contributed by atoms with E-state index in [2.05, 4.69) is 0 Å². The van der Waals surface area contributed by atoms with Gasteiger partial charge in [0.1, 0.15) is 6.04 Å². The Morgan fingerprint density at radius 3 is 2.53 bits per heavy atom. The van der Waals surface area contributed by atoms with Gasteiger partial charge in [-0.05, 0) is 6.92 Å². The van der Waals surface area contributed by atoms with E-state index in [-0.39, 0.29) is 19.7 Å². The van der Waals surface area contributed by atoms with Crippen molar-refractivity contribution in [2.45, 2.75) is 19.1 Å². The second-order valence-corrected chi connectivity index (χ2v) is 4.33. The zero-order valence-electron chi connectivity index (χ0n) is 9.70. The third-order valence-electron chi connectivity index (χ3n) is 3.18. The molecule has 100 valence electrons. The number of aliphatic carboxylic acids is 1. The van der Waals surface area contributed by atoms with Crippen molar-refractivity contribution in [3.63, 3.8) is 0 Å². The molecular weight excluding hydrogens is 239 g/mol. The lowest BCUT2D eigenvalue weighted by Gasteiger charge is -2.21. The first-order valence-corrected chi connectivity index (χ1v) is 5.30. The van der Waals surface area contributed by atoms with Crippen molar-refractivity contribution < 1.29 is 27.8 Å². The van der Waals surface area contributed by atoms with E-state index in [0.717, 1.165) is 0 Å². The van der Waals surface area contributed by atoms with Crippen molar-refractivity contribution in [1.82, 2.24) is 4.90 Å². The number of carboxylic acid groups (broad SMARTS) is 1. The smallest absolute Gasteiger partial charge is 0.393 e. The van der Waals surface area contributed by atoms with Gasteiger partial charge in [-0.2, -0.15) is 13.2 Å². The van der Waals surface area contributed by atoms with Gasteiger partial charge in [0.25, 0.3) is 0 Å². The van der Waals surface area contributed by atoms with Crippen LogP contribution in [0, 0.1) is 11.8 Å². The molecule has 1 rings (SSSR count). The third kappa shape index (κ3) is 3.32. The summed E-state index contributed by atoms with van der Waals surface area (Å²) in [6.45, 7) is 1.22. The molecule has 0 aliphatic carbocycles. The fraction of sp³-hybridized carbons (Fsp3) is 0.900. The summed E-state index contributed by atoms with van der Waals surface area (Å²) in [6, 6.07) is -0.901. The average Bonchev–Trinajstić information content (AvgIpc) is 2.60. The molecule has 0 aromatic heterocycles. The molecule has 0 aromatic rings. The van der Waals surface area contributed by atoms with Gasteiger partial charge in [-0.3, -0.25) is 9.69 Å². The van der Waals surface area contributed by atoms with E-state index in [1.807, 2.05) is 0 Å². The number of hydrogen-bond acceptors (Lipinski definition) is 3. The van der Waals surface area contributed by atoms with Crippen LogP contribution in [-0.2, 0) is 9.53 Å². The number of carboxylic acids is 1. The van der Waals surface area contributed by atoms with Crippen LogP contribution in [-0.4, -0.2) is 55.0 Å². The molecule has 0 saturated carbocycles. The Morgan fingerprint density at radius 2 is 2.12 bits per heavy atom. The Labute approximate surface area is 97.3 Å². The third-order valence-corrected chi connectivity index (χ3v) is 3.18. The molecule has 4 nitrogen and oxygen atoms in total. The zero-order chi connectivity index (χ0) is 13.2. The van der Waals surface area contributed by atoms with E-state index in [1.54, 1.807) is 0 Å². The molecule has 17 heavy (non-hydrogen) atoms. The molecule has 1 aliphatic heterocycles. The summed E-state index contributed by atoms with van der Waals surface area (Å²) < 4.78 is 43.0. The van der Waals surface area contributed by atoms with E-state index in [0.29, 0.717) is 0 Å². The molecule has 0 amide bonds. The zero-order valence-corrected chi connectivity index (χ0v) is 9.70. The monoisotopic (exact) mass is 255 g/mol. The van der Waals surface area contributed by atoms with Crippen molar-refractivity contribution in [3.05, 3.63) is 0 Å². The van der Waals surface area contributed by atoms with E-state index >= 15 is 0 Å². The van der Waals surface area contributed by atoms with Gasteiger partial charge < -0.3 is 9.84 Å². The molecule has 1 heterocycles. The summed E-state index contributed by atoms with van der Waals surface area (Å²) in [7, 11) is 1.34. The molecule has 1 saturated heterocycles. The lowest BCUT2D eigenvalue weighted by Crippen LogP contribution is -2.38. The Balaban J connectivity index is 2.75. The summed E-state index contributed by atoms with van der Waals surface area (Å²) in [6.07, 6.45) is -4.31. The summed E-state index contributed by atoms with van der Waals surface area (Å²) in [5.41, 5.74) is 0. The number of methoxy groups -OCH3 is 1. The molecular formula is C10H16F3NO3. The Kier molecular flexibility index (Phi) is 4.37. The number of alkyl halides is 3. The van der Waals surface area contributed by atoms with Gasteiger partial charge in [0.2, 0.25) is 0 Å². The molecule has 0 spiro atoms. The fourth-order valence-electron chi connectivity index (χ4n) is 2.13. The SMILES string of the molecule is COCC1CN(C(C)C(=O)O)CC1C(F)(F)F. The number of halogens is 3. The van der Waals surface area contributed by atoms with Gasteiger partial charge in [-0.25, -0.2) is 0 Å². The van der Waals surface area contributed by atoms with Gasteiger partial charge >= 0.3 is 12.1 Å². The Bertz CT molecular complexity index is 282. The Hall–Kier alpha value is -0.820. The lowest BCUT2D eigenvalue weighted by molar-refractivity contribution is -0.184. The summed E-state index contributed by atoms with van der Waals surface area (Å²) >= 11 is 0. The number of likely N-dealkylation sites (tertiary alicyclic amines) is 1. The largest absolute Gasteiger partial charge is 0.480 e. The van der Waals surface area contributed by atoms with E-state index in [1.165, 1.54) is 18.9 Å². The van der Waals surface area contributed by atoms with Gasteiger partial charge in [0.15, 0.2) is 0 Å². The quantitative estimate of drug-likeness (QED) is 0.820. The van der Waals surface area contributed by atoms with Crippen molar-refractivity contribution in [2.24, 2.45) is 11.8 Å². The number of carbonyl (C=O) groups is 1. The van der Waals surface area contributed by atoms with E-state index < -0.39 is 30.0 Å². The predicted octanol–water partition coefficient (Wildman–Crippen LogP) is 1.22. The maximum absolute atomic E-state index is 12.7.